The number of benzene rings is 1. The average Bonchev–Trinajstić information content (AvgIpc) is 2.90. The molecule has 1 atom stereocenters. The minimum atomic E-state index is 0.373. The van der Waals surface area contributed by atoms with E-state index in [1.165, 1.54) is 4.88 Å². The molecule has 3 heteroatoms. The van der Waals surface area contributed by atoms with Crippen LogP contribution in [0.5, 0.6) is 0 Å². The number of nitriles is 1. The Balaban J connectivity index is 2.15. The largest absolute Gasteiger partial charge is 0.370 e. The van der Waals surface area contributed by atoms with Gasteiger partial charge < -0.3 is 4.90 Å². The van der Waals surface area contributed by atoms with Crippen LogP contribution in [0.15, 0.2) is 41.8 Å². The van der Waals surface area contributed by atoms with Crippen LogP contribution >= 0.6 is 11.3 Å². The van der Waals surface area contributed by atoms with Gasteiger partial charge in [0.15, 0.2) is 0 Å². The minimum Gasteiger partial charge on any atom is -0.370 e. The van der Waals surface area contributed by atoms with Gasteiger partial charge >= 0.3 is 0 Å². The van der Waals surface area contributed by atoms with Crippen molar-refractivity contribution in [3.05, 3.63) is 52.2 Å². The number of hydrogen-bond donors (Lipinski definition) is 0. The van der Waals surface area contributed by atoms with Crippen molar-refractivity contribution in [3.8, 4) is 6.07 Å². The Bertz CT molecular complexity index is 540. The van der Waals surface area contributed by atoms with E-state index in [1.807, 2.05) is 24.3 Å². The van der Waals surface area contributed by atoms with Crippen LogP contribution in [0.3, 0.4) is 0 Å². The summed E-state index contributed by atoms with van der Waals surface area (Å²) in [6.45, 7) is 2.19. The molecule has 2 rings (SSSR count). The molecule has 2 nitrogen and oxygen atoms in total. The third-order valence-corrected chi connectivity index (χ3v) is 4.04. The van der Waals surface area contributed by atoms with Gasteiger partial charge in [0, 0.05) is 24.4 Å². The van der Waals surface area contributed by atoms with Gasteiger partial charge in [-0.3, -0.25) is 0 Å². The quantitative estimate of drug-likeness (QED) is 0.834. The standard InChI is InChI=1S/C15H16N2S/c1-12(10-14-7-5-9-18-14)17(2)15-8-4-3-6-13(15)11-16/h3-9,12H,10H2,1-2H3. The highest BCUT2D eigenvalue weighted by atomic mass is 32.1. The predicted molar refractivity (Wildman–Crippen MR) is 77.0 cm³/mol. The number of anilines is 1. The Labute approximate surface area is 112 Å². The molecule has 1 aromatic carbocycles. The van der Waals surface area contributed by atoms with Crippen LogP contribution in [0.2, 0.25) is 0 Å². The molecule has 0 bridgehead atoms. The van der Waals surface area contributed by atoms with Crippen molar-refractivity contribution in [2.24, 2.45) is 0 Å². The van der Waals surface area contributed by atoms with Crippen LogP contribution in [0.25, 0.3) is 0 Å². The molecule has 0 saturated carbocycles. The fourth-order valence-electron chi connectivity index (χ4n) is 1.97. The predicted octanol–water partition coefficient (Wildman–Crippen LogP) is 3.69. The van der Waals surface area contributed by atoms with Crippen molar-refractivity contribution < 1.29 is 0 Å². The normalized spacial score (nSPS) is 11.8. The summed E-state index contributed by atoms with van der Waals surface area (Å²) < 4.78 is 0. The molecule has 0 aliphatic heterocycles. The maximum Gasteiger partial charge on any atom is 0.101 e. The molecular weight excluding hydrogens is 240 g/mol. The number of nitrogens with zero attached hydrogens (tertiary/aromatic N) is 2. The third kappa shape index (κ3) is 2.72. The molecule has 18 heavy (non-hydrogen) atoms. The summed E-state index contributed by atoms with van der Waals surface area (Å²) in [6, 6.07) is 14.6. The molecular formula is C15H16N2S. The summed E-state index contributed by atoms with van der Waals surface area (Å²) in [4.78, 5) is 3.56. The van der Waals surface area contributed by atoms with Gasteiger partial charge in [0.05, 0.1) is 11.3 Å². The van der Waals surface area contributed by atoms with E-state index in [1.54, 1.807) is 11.3 Å². The van der Waals surface area contributed by atoms with Crippen LogP contribution in [0, 0.1) is 11.3 Å². The molecule has 1 aromatic heterocycles. The van der Waals surface area contributed by atoms with Gasteiger partial charge in [-0.15, -0.1) is 11.3 Å². The molecule has 0 N–H and O–H groups in total. The first-order valence-corrected chi connectivity index (χ1v) is 6.84. The molecule has 2 aromatic rings. The van der Waals surface area contributed by atoms with Crippen LogP contribution in [0.4, 0.5) is 5.69 Å². The smallest absolute Gasteiger partial charge is 0.101 e. The molecule has 0 radical (unpaired) electrons. The molecule has 0 spiro atoms. The Morgan fingerprint density at radius 1 is 1.28 bits per heavy atom. The summed E-state index contributed by atoms with van der Waals surface area (Å²) in [5.41, 5.74) is 1.74. The van der Waals surface area contributed by atoms with Gasteiger partial charge in [0.2, 0.25) is 0 Å². The van der Waals surface area contributed by atoms with Crippen molar-refractivity contribution in [2.75, 3.05) is 11.9 Å². The van der Waals surface area contributed by atoms with E-state index in [-0.39, 0.29) is 0 Å². The van der Waals surface area contributed by atoms with Crippen molar-refractivity contribution in [1.29, 1.82) is 5.26 Å². The van der Waals surface area contributed by atoms with Gasteiger partial charge in [-0.25, -0.2) is 0 Å². The first kappa shape index (κ1) is 12.7. The number of para-hydroxylation sites is 1. The van der Waals surface area contributed by atoms with Crippen LogP contribution < -0.4 is 4.90 Å². The SMILES string of the molecule is CC(Cc1cccs1)N(C)c1ccccc1C#N. The summed E-state index contributed by atoms with van der Waals surface area (Å²) in [7, 11) is 2.05. The lowest BCUT2D eigenvalue weighted by Crippen LogP contribution is -2.31. The highest BCUT2D eigenvalue weighted by molar-refractivity contribution is 7.09. The van der Waals surface area contributed by atoms with Gasteiger partial charge in [0.1, 0.15) is 6.07 Å². The Kier molecular flexibility index (Phi) is 4.01. The Morgan fingerprint density at radius 3 is 2.72 bits per heavy atom. The highest BCUT2D eigenvalue weighted by Crippen LogP contribution is 2.22. The van der Waals surface area contributed by atoms with Crippen LogP contribution in [-0.4, -0.2) is 13.1 Å². The van der Waals surface area contributed by atoms with Gasteiger partial charge in [-0.2, -0.15) is 5.26 Å². The lowest BCUT2D eigenvalue weighted by Gasteiger charge is -2.27. The first-order valence-electron chi connectivity index (χ1n) is 5.96. The zero-order chi connectivity index (χ0) is 13.0. The number of hydrogen-bond acceptors (Lipinski definition) is 3. The zero-order valence-corrected chi connectivity index (χ0v) is 11.4. The second kappa shape index (κ2) is 5.70. The Hall–Kier alpha value is -1.79. The summed E-state index contributed by atoms with van der Waals surface area (Å²) in [5, 5.41) is 11.2. The van der Waals surface area contributed by atoms with E-state index in [4.69, 9.17) is 5.26 Å². The van der Waals surface area contributed by atoms with Crippen LogP contribution in [-0.2, 0) is 6.42 Å². The lowest BCUT2D eigenvalue weighted by atomic mass is 10.1. The van der Waals surface area contributed by atoms with Gasteiger partial charge in [-0.1, -0.05) is 18.2 Å². The monoisotopic (exact) mass is 256 g/mol. The Morgan fingerprint density at radius 2 is 2.06 bits per heavy atom. The van der Waals surface area contributed by atoms with Crippen molar-refractivity contribution >= 4 is 17.0 Å². The summed E-state index contributed by atoms with van der Waals surface area (Å²) >= 11 is 1.78. The van der Waals surface area contributed by atoms with E-state index >= 15 is 0 Å². The van der Waals surface area contributed by atoms with Crippen molar-refractivity contribution in [3.63, 3.8) is 0 Å². The molecule has 0 aliphatic rings. The van der Waals surface area contributed by atoms with Gasteiger partial charge in [-0.05, 0) is 30.5 Å². The lowest BCUT2D eigenvalue weighted by molar-refractivity contribution is 0.688. The third-order valence-electron chi connectivity index (χ3n) is 3.14. The maximum atomic E-state index is 9.13. The van der Waals surface area contributed by atoms with Crippen molar-refractivity contribution in [1.82, 2.24) is 0 Å². The van der Waals surface area contributed by atoms with E-state index in [0.29, 0.717) is 6.04 Å². The average molecular weight is 256 g/mol. The molecule has 0 amide bonds. The van der Waals surface area contributed by atoms with E-state index in [0.717, 1.165) is 17.7 Å². The molecule has 92 valence electrons. The van der Waals surface area contributed by atoms with Crippen LogP contribution in [0.1, 0.15) is 17.4 Å². The van der Waals surface area contributed by atoms with Gasteiger partial charge in [0.25, 0.3) is 0 Å². The zero-order valence-electron chi connectivity index (χ0n) is 10.6. The van der Waals surface area contributed by atoms with E-state index < -0.39 is 0 Å². The second-order valence-electron chi connectivity index (χ2n) is 4.37. The van der Waals surface area contributed by atoms with Crippen molar-refractivity contribution in [2.45, 2.75) is 19.4 Å². The number of thiophene rings is 1. The van der Waals surface area contributed by atoms with E-state index in [2.05, 4.69) is 42.5 Å². The fraction of sp³-hybridized carbons (Fsp3) is 0.267. The fourth-order valence-corrected chi connectivity index (χ4v) is 2.80. The first-order chi connectivity index (χ1) is 8.72. The minimum absolute atomic E-state index is 0.373. The molecule has 0 fully saturated rings. The number of likely N-dealkylation sites (N-methyl/N-ethyl adjacent to an activating group) is 1. The topological polar surface area (TPSA) is 27.0 Å². The molecule has 0 aliphatic carbocycles. The maximum absolute atomic E-state index is 9.13. The molecule has 1 heterocycles. The number of rotatable bonds is 4. The second-order valence-corrected chi connectivity index (χ2v) is 5.40. The van der Waals surface area contributed by atoms with E-state index in [9.17, 15) is 0 Å². The summed E-state index contributed by atoms with van der Waals surface area (Å²) in [6.07, 6.45) is 1.01. The highest BCUT2D eigenvalue weighted by Gasteiger charge is 2.14. The summed E-state index contributed by atoms with van der Waals surface area (Å²) in [5.74, 6) is 0. The molecule has 0 saturated heterocycles. The molecule has 1 unspecified atom stereocenters.